The van der Waals surface area contributed by atoms with Gasteiger partial charge in [0.15, 0.2) is 6.10 Å². The topological polar surface area (TPSA) is 75.6 Å². The van der Waals surface area contributed by atoms with E-state index in [2.05, 4.69) is 5.32 Å². The minimum Gasteiger partial charge on any atom is -0.481 e. The lowest BCUT2D eigenvalue weighted by Crippen LogP contribution is -2.37. The predicted octanol–water partition coefficient (Wildman–Crippen LogP) is 1.82. The molecule has 0 aliphatic heterocycles. The molecule has 2 N–H and O–H groups in total. The monoisotopic (exact) mass is 283 g/mol. The van der Waals surface area contributed by atoms with Crippen molar-refractivity contribution in [3.63, 3.8) is 0 Å². The van der Waals surface area contributed by atoms with E-state index in [0.29, 0.717) is 6.42 Å². The van der Waals surface area contributed by atoms with Crippen molar-refractivity contribution >= 4 is 11.9 Å². The third-order valence-corrected chi connectivity index (χ3v) is 2.78. The van der Waals surface area contributed by atoms with E-state index < -0.39 is 23.8 Å². The van der Waals surface area contributed by atoms with Crippen LogP contribution in [0, 0.1) is 11.7 Å². The molecule has 1 aromatic rings. The molecule has 0 aromatic heterocycles. The van der Waals surface area contributed by atoms with Crippen molar-refractivity contribution in [2.24, 2.45) is 5.92 Å². The standard InChI is InChI=1S/C14H18FNO4/c1-9(14(18)19)6-7-16-13(17)10(2)20-12-5-3-4-11(15)8-12/h3-5,8-10H,6-7H2,1-2H3,(H,16,17)(H,18,19). The van der Waals surface area contributed by atoms with Crippen LogP contribution in [0.3, 0.4) is 0 Å². The zero-order valence-electron chi connectivity index (χ0n) is 11.4. The number of carboxylic acid groups (broad SMARTS) is 1. The molecule has 0 fully saturated rings. The van der Waals surface area contributed by atoms with Gasteiger partial charge in [0, 0.05) is 12.6 Å². The van der Waals surface area contributed by atoms with Crippen LogP contribution in [0.2, 0.25) is 0 Å². The third-order valence-electron chi connectivity index (χ3n) is 2.78. The lowest BCUT2D eigenvalue weighted by atomic mass is 10.1. The van der Waals surface area contributed by atoms with Crippen LogP contribution in [0.5, 0.6) is 5.75 Å². The Bertz CT molecular complexity index is 478. The van der Waals surface area contributed by atoms with E-state index >= 15 is 0 Å². The Labute approximate surface area is 116 Å². The van der Waals surface area contributed by atoms with Gasteiger partial charge in [-0.05, 0) is 25.5 Å². The summed E-state index contributed by atoms with van der Waals surface area (Å²) < 4.78 is 18.2. The van der Waals surface area contributed by atoms with Crippen molar-refractivity contribution < 1.29 is 23.8 Å². The Balaban J connectivity index is 2.38. The first-order valence-corrected chi connectivity index (χ1v) is 6.33. The fourth-order valence-electron chi connectivity index (χ4n) is 1.48. The summed E-state index contributed by atoms with van der Waals surface area (Å²) in [5.41, 5.74) is 0. The van der Waals surface area contributed by atoms with Crippen molar-refractivity contribution in [2.45, 2.75) is 26.4 Å². The molecule has 1 aromatic carbocycles. The molecule has 0 bridgehead atoms. The highest BCUT2D eigenvalue weighted by molar-refractivity contribution is 5.80. The van der Waals surface area contributed by atoms with Gasteiger partial charge in [0.1, 0.15) is 11.6 Å². The normalized spacial score (nSPS) is 13.3. The SMILES string of the molecule is CC(CCNC(=O)C(C)Oc1cccc(F)c1)C(=O)O. The molecule has 2 unspecified atom stereocenters. The van der Waals surface area contributed by atoms with Gasteiger partial charge in [-0.3, -0.25) is 9.59 Å². The quantitative estimate of drug-likeness (QED) is 0.800. The predicted molar refractivity (Wildman–Crippen MR) is 70.9 cm³/mol. The first-order valence-electron chi connectivity index (χ1n) is 6.33. The zero-order valence-corrected chi connectivity index (χ0v) is 11.4. The van der Waals surface area contributed by atoms with E-state index in [1.54, 1.807) is 19.9 Å². The highest BCUT2D eigenvalue weighted by atomic mass is 19.1. The van der Waals surface area contributed by atoms with Crippen LogP contribution < -0.4 is 10.1 Å². The van der Waals surface area contributed by atoms with Gasteiger partial charge < -0.3 is 15.2 Å². The molecule has 0 radical (unpaired) electrons. The lowest BCUT2D eigenvalue weighted by Gasteiger charge is -2.15. The maximum Gasteiger partial charge on any atom is 0.306 e. The fourth-order valence-corrected chi connectivity index (χ4v) is 1.48. The van der Waals surface area contributed by atoms with Gasteiger partial charge >= 0.3 is 5.97 Å². The van der Waals surface area contributed by atoms with Crippen molar-refractivity contribution in [2.75, 3.05) is 6.54 Å². The highest BCUT2D eigenvalue weighted by Crippen LogP contribution is 2.13. The minimum absolute atomic E-state index is 0.253. The summed E-state index contributed by atoms with van der Waals surface area (Å²) in [7, 11) is 0. The van der Waals surface area contributed by atoms with Crippen molar-refractivity contribution in [1.29, 1.82) is 0 Å². The Hall–Kier alpha value is -2.11. The van der Waals surface area contributed by atoms with Gasteiger partial charge in [0.2, 0.25) is 0 Å². The fraction of sp³-hybridized carbons (Fsp3) is 0.429. The first-order chi connectivity index (χ1) is 9.40. The summed E-state index contributed by atoms with van der Waals surface area (Å²) in [4.78, 5) is 22.3. The van der Waals surface area contributed by atoms with E-state index in [9.17, 15) is 14.0 Å². The highest BCUT2D eigenvalue weighted by Gasteiger charge is 2.16. The van der Waals surface area contributed by atoms with Crippen molar-refractivity contribution in [3.8, 4) is 5.75 Å². The molecule has 20 heavy (non-hydrogen) atoms. The average molecular weight is 283 g/mol. The first kappa shape index (κ1) is 15.9. The summed E-state index contributed by atoms with van der Waals surface area (Å²) in [6.45, 7) is 3.37. The van der Waals surface area contributed by atoms with Gasteiger partial charge in [-0.2, -0.15) is 0 Å². The number of carbonyl (C=O) groups is 2. The van der Waals surface area contributed by atoms with Gasteiger partial charge in [-0.1, -0.05) is 13.0 Å². The van der Waals surface area contributed by atoms with Crippen molar-refractivity contribution in [3.05, 3.63) is 30.1 Å². The molecule has 110 valence electrons. The zero-order chi connectivity index (χ0) is 15.1. The van der Waals surface area contributed by atoms with E-state index in [1.807, 2.05) is 0 Å². The summed E-state index contributed by atoms with van der Waals surface area (Å²) >= 11 is 0. The van der Waals surface area contributed by atoms with Crippen LogP contribution in [-0.4, -0.2) is 29.6 Å². The maximum atomic E-state index is 12.9. The number of nitrogens with one attached hydrogen (secondary N) is 1. The third kappa shape index (κ3) is 5.26. The van der Waals surface area contributed by atoms with Crippen LogP contribution >= 0.6 is 0 Å². The molecule has 6 heteroatoms. The van der Waals surface area contributed by atoms with E-state index in [4.69, 9.17) is 9.84 Å². The number of hydrogen-bond acceptors (Lipinski definition) is 3. The summed E-state index contributed by atoms with van der Waals surface area (Å²) in [5.74, 6) is -1.96. The Morgan fingerprint density at radius 1 is 1.40 bits per heavy atom. The average Bonchev–Trinajstić information content (AvgIpc) is 2.38. The van der Waals surface area contributed by atoms with E-state index in [-0.39, 0.29) is 18.2 Å². The number of ether oxygens (including phenoxy) is 1. The molecule has 0 saturated heterocycles. The smallest absolute Gasteiger partial charge is 0.306 e. The second-order valence-electron chi connectivity index (χ2n) is 4.54. The molecule has 0 aliphatic rings. The summed E-state index contributed by atoms with van der Waals surface area (Å²) in [5, 5.41) is 11.3. The van der Waals surface area contributed by atoms with E-state index in [0.717, 1.165) is 0 Å². The summed E-state index contributed by atoms with van der Waals surface area (Å²) in [6, 6.07) is 5.52. The molecule has 0 aliphatic carbocycles. The number of aliphatic carboxylic acids is 1. The van der Waals surface area contributed by atoms with Gasteiger partial charge in [0.25, 0.3) is 5.91 Å². The Morgan fingerprint density at radius 2 is 2.10 bits per heavy atom. The molecule has 1 rings (SSSR count). The van der Waals surface area contributed by atoms with Gasteiger partial charge in [-0.15, -0.1) is 0 Å². The van der Waals surface area contributed by atoms with E-state index in [1.165, 1.54) is 18.2 Å². The number of carbonyl (C=O) groups excluding carboxylic acids is 1. The number of benzene rings is 1. The molecular formula is C14H18FNO4. The Kier molecular flexibility index (Phi) is 5.96. The number of amides is 1. The molecule has 2 atom stereocenters. The minimum atomic E-state index is -0.900. The second kappa shape index (κ2) is 7.47. The number of halogens is 1. The second-order valence-corrected chi connectivity index (χ2v) is 4.54. The molecule has 0 heterocycles. The Morgan fingerprint density at radius 3 is 2.70 bits per heavy atom. The van der Waals surface area contributed by atoms with Crippen LogP contribution in [-0.2, 0) is 9.59 Å². The van der Waals surface area contributed by atoms with Crippen LogP contribution in [0.15, 0.2) is 24.3 Å². The van der Waals surface area contributed by atoms with Crippen molar-refractivity contribution in [1.82, 2.24) is 5.32 Å². The number of rotatable bonds is 7. The number of hydrogen-bond donors (Lipinski definition) is 2. The van der Waals surface area contributed by atoms with Crippen LogP contribution in [0.1, 0.15) is 20.3 Å². The van der Waals surface area contributed by atoms with Crippen LogP contribution in [0.25, 0.3) is 0 Å². The molecule has 5 nitrogen and oxygen atoms in total. The largest absolute Gasteiger partial charge is 0.481 e. The van der Waals surface area contributed by atoms with Gasteiger partial charge in [0.05, 0.1) is 5.92 Å². The summed E-state index contributed by atoms with van der Waals surface area (Å²) in [6.07, 6.45) is -0.440. The molecule has 1 amide bonds. The van der Waals surface area contributed by atoms with Crippen LogP contribution in [0.4, 0.5) is 4.39 Å². The van der Waals surface area contributed by atoms with Gasteiger partial charge in [-0.25, -0.2) is 4.39 Å². The lowest BCUT2D eigenvalue weighted by molar-refractivity contribution is -0.141. The molecule has 0 saturated carbocycles. The number of carboxylic acids is 1. The molecule has 0 spiro atoms. The maximum absolute atomic E-state index is 12.9. The molecular weight excluding hydrogens is 265 g/mol.